The van der Waals surface area contributed by atoms with Crippen molar-refractivity contribution in [2.75, 3.05) is 7.11 Å². The fourth-order valence-electron chi connectivity index (χ4n) is 3.81. The Morgan fingerprint density at radius 3 is 1.81 bits per heavy atom. The third-order valence-electron chi connectivity index (χ3n) is 5.57. The summed E-state index contributed by atoms with van der Waals surface area (Å²) >= 11 is 0. The molecule has 2 rings (SSSR count). The lowest BCUT2D eigenvalue weighted by Gasteiger charge is -2.12. The average molecular weight is 370 g/mol. The van der Waals surface area contributed by atoms with Gasteiger partial charge >= 0.3 is 0 Å². The van der Waals surface area contributed by atoms with Gasteiger partial charge in [-0.3, -0.25) is 0 Å². The van der Waals surface area contributed by atoms with E-state index in [2.05, 4.69) is 42.7 Å². The minimum atomic E-state index is 0.916. The normalized spacial score (nSPS) is 11.1. The minimum Gasteiger partial charge on any atom is -0.497 e. The van der Waals surface area contributed by atoms with Crippen LogP contribution < -0.4 is 4.74 Å². The van der Waals surface area contributed by atoms with Crippen LogP contribution in [0.1, 0.15) is 83.2 Å². The molecule has 27 heavy (non-hydrogen) atoms. The quantitative estimate of drug-likeness (QED) is 0.310. The van der Waals surface area contributed by atoms with Crippen LogP contribution in [0.4, 0.5) is 0 Å². The van der Waals surface area contributed by atoms with Crippen LogP contribution in [-0.4, -0.2) is 11.7 Å². The van der Waals surface area contributed by atoms with Crippen LogP contribution in [0.5, 0.6) is 5.75 Å². The molecule has 1 aromatic carbocycles. The van der Waals surface area contributed by atoms with E-state index in [4.69, 9.17) is 4.74 Å². The van der Waals surface area contributed by atoms with Crippen molar-refractivity contribution in [3.05, 3.63) is 42.1 Å². The number of hydrogen-bond donors (Lipinski definition) is 0. The number of unbranched alkanes of at least 4 members (excludes halogenated alkanes) is 10. The second-order valence-corrected chi connectivity index (χ2v) is 7.78. The minimum absolute atomic E-state index is 0.916. The van der Waals surface area contributed by atoms with Crippen molar-refractivity contribution in [1.29, 1.82) is 0 Å². The molecule has 0 atom stereocenters. The van der Waals surface area contributed by atoms with Gasteiger partial charge in [-0.05, 0) is 55.3 Å². The lowest BCUT2D eigenvalue weighted by Crippen LogP contribution is -2.02. The highest BCUT2D eigenvalue weighted by Gasteiger charge is 2.07. The van der Waals surface area contributed by atoms with Gasteiger partial charge in [0, 0.05) is 17.9 Å². The van der Waals surface area contributed by atoms with Gasteiger partial charge in [-0.2, -0.15) is 0 Å². The van der Waals surface area contributed by atoms with Crippen molar-refractivity contribution in [2.45, 2.75) is 91.0 Å². The highest BCUT2D eigenvalue weighted by atomic mass is 16.5. The SMILES string of the molecule is CCCCCCCCCCCCCn1c(C)ccc1-c1ccc(OC)cc1. The second-order valence-electron chi connectivity index (χ2n) is 7.78. The van der Waals surface area contributed by atoms with E-state index in [0.29, 0.717) is 0 Å². The molecule has 0 bridgehead atoms. The van der Waals surface area contributed by atoms with E-state index < -0.39 is 0 Å². The molecule has 0 radical (unpaired) electrons. The number of ether oxygens (including phenoxy) is 1. The van der Waals surface area contributed by atoms with Crippen LogP contribution in [0.3, 0.4) is 0 Å². The third-order valence-corrected chi connectivity index (χ3v) is 5.57. The van der Waals surface area contributed by atoms with Crippen molar-refractivity contribution < 1.29 is 4.74 Å². The second kappa shape index (κ2) is 12.6. The first kappa shape index (κ1) is 21.6. The summed E-state index contributed by atoms with van der Waals surface area (Å²) in [5.74, 6) is 0.916. The van der Waals surface area contributed by atoms with E-state index in [9.17, 15) is 0 Å². The molecule has 2 heteroatoms. The van der Waals surface area contributed by atoms with Gasteiger partial charge in [0.05, 0.1) is 7.11 Å². The number of benzene rings is 1. The molecule has 150 valence electrons. The first-order valence-electron chi connectivity index (χ1n) is 11.1. The zero-order chi connectivity index (χ0) is 19.3. The molecule has 0 aliphatic heterocycles. The summed E-state index contributed by atoms with van der Waals surface area (Å²) in [6.07, 6.45) is 15.3. The van der Waals surface area contributed by atoms with E-state index in [1.165, 1.54) is 87.6 Å². The molecule has 2 nitrogen and oxygen atoms in total. The van der Waals surface area contributed by atoms with Crippen LogP contribution in [0, 0.1) is 6.92 Å². The molecular weight excluding hydrogens is 330 g/mol. The Hall–Kier alpha value is -1.70. The van der Waals surface area contributed by atoms with E-state index >= 15 is 0 Å². The number of aromatic nitrogens is 1. The Morgan fingerprint density at radius 1 is 0.704 bits per heavy atom. The molecule has 0 saturated heterocycles. The van der Waals surface area contributed by atoms with Crippen LogP contribution in [0.25, 0.3) is 11.3 Å². The van der Waals surface area contributed by atoms with Crippen molar-refractivity contribution in [3.8, 4) is 17.0 Å². The molecule has 0 amide bonds. The number of rotatable bonds is 14. The Balaban J connectivity index is 1.67. The summed E-state index contributed by atoms with van der Waals surface area (Å²) in [4.78, 5) is 0. The molecule has 0 N–H and O–H groups in total. The molecule has 0 aliphatic rings. The third kappa shape index (κ3) is 7.44. The van der Waals surface area contributed by atoms with Crippen molar-refractivity contribution in [1.82, 2.24) is 4.57 Å². The fourth-order valence-corrected chi connectivity index (χ4v) is 3.81. The summed E-state index contributed by atoms with van der Waals surface area (Å²) in [7, 11) is 1.72. The molecule has 2 aromatic rings. The lowest BCUT2D eigenvalue weighted by molar-refractivity contribution is 0.415. The van der Waals surface area contributed by atoms with E-state index in [-0.39, 0.29) is 0 Å². The number of aryl methyl sites for hydroxylation is 1. The van der Waals surface area contributed by atoms with Crippen LogP contribution in [0.15, 0.2) is 36.4 Å². The van der Waals surface area contributed by atoms with Crippen LogP contribution in [-0.2, 0) is 6.54 Å². The summed E-state index contributed by atoms with van der Waals surface area (Å²) in [6.45, 7) is 5.62. The van der Waals surface area contributed by atoms with E-state index in [0.717, 1.165) is 12.3 Å². The zero-order valence-corrected chi connectivity index (χ0v) is 17.8. The topological polar surface area (TPSA) is 14.2 Å². The molecule has 1 aromatic heterocycles. The molecule has 0 aliphatic carbocycles. The fraction of sp³-hybridized carbons (Fsp3) is 0.600. The maximum absolute atomic E-state index is 5.28. The summed E-state index contributed by atoms with van der Waals surface area (Å²) in [5, 5.41) is 0. The highest BCUT2D eigenvalue weighted by Crippen LogP contribution is 2.25. The maximum Gasteiger partial charge on any atom is 0.118 e. The smallest absolute Gasteiger partial charge is 0.118 e. The predicted octanol–water partition coefficient (Wildman–Crippen LogP) is 7.78. The first-order valence-corrected chi connectivity index (χ1v) is 11.1. The van der Waals surface area contributed by atoms with Gasteiger partial charge in [0.25, 0.3) is 0 Å². The maximum atomic E-state index is 5.28. The molecule has 0 spiro atoms. The average Bonchev–Trinajstić information content (AvgIpc) is 3.06. The van der Waals surface area contributed by atoms with Gasteiger partial charge in [0.15, 0.2) is 0 Å². The first-order chi connectivity index (χ1) is 13.3. The standard InChI is InChI=1S/C25H39NO/c1-4-5-6-7-8-9-10-11-12-13-14-21-26-22(2)15-20-25(26)23-16-18-24(27-3)19-17-23/h15-20H,4-14,21H2,1-3H3. The van der Waals surface area contributed by atoms with Gasteiger partial charge < -0.3 is 9.30 Å². The molecular formula is C25H39NO. The highest BCUT2D eigenvalue weighted by molar-refractivity contribution is 5.61. The van der Waals surface area contributed by atoms with Gasteiger partial charge in [-0.15, -0.1) is 0 Å². The Bertz CT molecular complexity index is 626. The van der Waals surface area contributed by atoms with Gasteiger partial charge in [0.2, 0.25) is 0 Å². The molecule has 0 unspecified atom stereocenters. The van der Waals surface area contributed by atoms with E-state index in [1.54, 1.807) is 7.11 Å². The predicted molar refractivity (Wildman–Crippen MR) is 118 cm³/mol. The summed E-state index contributed by atoms with van der Waals surface area (Å²) < 4.78 is 7.75. The van der Waals surface area contributed by atoms with Gasteiger partial charge in [-0.25, -0.2) is 0 Å². The largest absolute Gasteiger partial charge is 0.497 e. The lowest BCUT2D eigenvalue weighted by atomic mass is 10.1. The van der Waals surface area contributed by atoms with Crippen molar-refractivity contribution in [2.24, 2.45) is 0 Å². The van der Waals surface area contributed by atoms with Gasteiger partial charge in [0.1, 0.15) is 5.75 Å². The number of hydrogen-bond acceptors (Lipinski definition) is 1. The Kier molecular flexibility index (Phi) is 10.1. The monoisotopic (exact) mass is 369 g/mol. The van der Waals surface area contributed by atoms with Crippen molar-refractivity contribution in [3.63, 3.8) is 0 Å². The Labute approximate surface area is 166 Å². The van der Waals surface area contributed by atoms with Crippen molar-refractivity contribution >= 4 is 0 Å². The van der Waals surface area contributed by atoms with E-state index in [1.807, 2.05) is 12.1 Å². The van der Waals surface area contributed by atoms with Crippen LogP contribution in [0.2, 0.25) is 0 Å². The molecule has 1 heterocycles. The van der Waals surface area contributed by atoms with Gasteiger partial charge in [-0.1, -0.05) is 71.1 Å². The molecule has 0 fully saturated rings. The Morgan fingerprint density at radius 2 is 1.26 bits per heavy atom. The molecule has 0 saturated carbocycles. The summed E-state index contributed by atoms with van der Waals surface area (Å²) in [6, 6.07) is 12.9. The number of methoxy groups -OCH3 is 1. The van der Waals surface area contributed by atoms with Crippen LogP contribution >= 0.6 is 0 Å². The number of nitrogens with zero attached hydrogens (tertiary/aromatic N) is 1. The zero-order valence-electron chi connectivity index (χ0n) is 17.8. The summed E-state index contributed by atoms with van der Waals surface area (Å²) in [5.41, 5.74) is 3.95.